The van der Waals surface area contributed by atoms with Crippen molar-refractivity contribution in [2.75, 3.05) is 0 Å². The fourth-order valence-electron chi connectivity index (χ4n) is 1.42. The van der Waals surface area contributed by atoms with Crippen molar-refractivity contribution < 1.29 is 4.39 Å². The van der Waals surface area contributed by atoms with E-state index in [2.05, 4.69) is 18.1 Å². The molecule has 0 aliphatic carbocycles. The van der Waals surface area contributed by atoms with Crippen molar-refractivity contribution in [2.45, 2.75) is 13.3 Å². The molecule has 1 aromatic heterocycles. The van der Waals surface area contributed by atoms with Crippen LogP contribution in [0.1, 0.15) is 12.5 Å². The minimum atomic E-state index is -0.173. The molecule has 1 aromatic carbocycles. The van der Waals surface area contributed by atoms with Gasteiger partial charge in [-0.15, -0.1) is 13.2 Å². The van der Waals surface area contributed by atoms with Crippen LogP contribution in [-0.4, -0.2) is 4.98 Å². The number of aromatic amines is 1. The van der Waals surface area contributed by atoms with Gasteiger partial charge >= 0.3 is 0 Å². The third-order valence-corrected chi connectivity index (χ3v) is 2.49. The molecule has 3 heteroatoms. The van der Waals surface area contributed by atoms with Gasteiger partial charge in [-0.2, -0.15) is 0 Å². The predicted molar refractivity (Wildman–Crippen MR) is 63.9 cm³/mol. The number of fused-ring (bicyclic) bond motifs is 1. The van der Waals surface area contributed by atoms with Gasteiger partial charge in [-0.1, -0.05) is 18.5 Å². The summed E-state index contributed by atoms with van der Waals surface area (Å²) in [7, 11) is 0. The summed E-state index contributed by atoms with van der Waals surface area (Å²) in [4.78, 5) is 2.91. The van der Waals surface area contributed by atoms with Crippen molar-refractivity contribution >= 4 is 22.5 Å². The highest BCUT2D eigenvalue weighted by Gasteiger charge is 2.06. The highest BCUT2D eigenvalue weighted by atomic mass is 35.5. The van der Waals surface area contributed by atoms with Crippen LogP contribution in [0.15, 0.2) is 31.5 Å². The van der Waals surface area contributed by atoms with Crippen LogP contribution in [0.4, 0.5) is 4.39 Å². The van der Waals surface area contributed by atoms with E-state index >= 15 is 0 Å². The maximum Gasteiger partial charge on any atom is 0.128 e. The second kappa shape index (κ2) is 4.99. The van der Waals surface area contributed by atoms with Gasteiger partial charge in [-0.3, -0.25) is 0 Å². The van der Waals surface area contributed by atoms with Crippen LogP contribution in [0.3, 0.4) is 0 Å². The van der Waals surface area contributed by atoms with Crippen molar-refractivity contribution in [1.82, 2.24) is 4.98 Å². The largest absolute Gasteiger partial charge is 0.360 e. The van der Waals surface area contributed by atoms with E-state index in [0.717, 1.165) is 10.9 Å². The molecule has 0 radical (unpaired) electrons. The topological polar surface area (TPSA) is 15.8 Å². The molecule has 0 bridgehead atoms. The van der Waals surface area contributed by atoms with Crippen LogP contribution in [0.25, 0.3) is 10.9 Å². The molecular formula is C12H13ClFN. The van der Waals surface area contributed by atoms with Gasteiger partial charge in [0.25, 0.3) is 0 Å². The molecule has 0 aliphatic rings. The number of hydrogen-bond donors (Lipinski definition) is 1. The Hall–Kier alpha value is -1.28. The number of aryl methyl sites for hydroxylation is 1. The van der Waals surface area contributed by atoms with Gasteiger partial charge in [0, 0.05) is 17.1 Å². The maximum atomic E-state index is 13.3. The first-order valence-corrected chi connectivity index (χ1v) is 5.05. The molecular weight excluding hydrogens is 213 g/mol. The third kappa shape index (κ3) is 2.21. The summed E-state index contributed by atoms with van der Waals surface area (Å²) in [6.45, 7) is 7.92. The van der Waals surface area contributed by atoms with E-state index in [1.807, 2.05) is 6.92 Å². The number of benzene rings is 1. The standard InChI is InChI=1S/C10H9ClFN.C2H4/c1-2-6-3-7-8(11)5-13-10(7)4-9(6)12;1-2/h3-5,13H,2H2,1H3;1-2H2. The number of nitrogens with one attached hydrogen (secondary N) is 1. The van der Waals surface area contributed by atoms with Gasteiger partial charge in [-0.05, 0) is 24.1 Å². The molecule has 2 aromatic rings. The van der Waals surface area contributed by atoms with E-state index in [0.29, 0.717) is 17.0 Å². The summed E-state index contributed by atoms with van der Waals surface area (Å²) in [5.74, 6) is -0.173. The summed E-state index contributed by atoms with van der Waals surface area (Å²) < 4.78 is 13.3. The van der Waals surface area contributed by atoms with E-state index < -0.39 is 0 Å². The predicted octanol–water partition coefficient (Wildman–Crippen LogP) is 4.33. The Morgan fingerprint density at radius 3 is 2.67 bits per heavy atom. The van der Waals surface area contributed by atoms with E-state index in [1.54, 1.807) is 12.3 Å². The fourth-order valence-corrected chi connectivity index (χ4v) is 1.64. The van der Waals surface area contributed by atoms with E-state index in [-0.39, 0.29) is 5.82 Å². The van der Waals surface area contributed by atoms with Gasteiger partial charge in [-0.25, -0.2) is 4.39 Å². The lowest BCUT2D eigenvalue weighted by Gasteiger charge is -1.99. The minimum absolute atomic E-state index is 0.173. The van der Waals surface area contributed by atoms with Crippen LogP contribution in [0.2, 0.25) is 5.02 Å². The second-order valence-electron chi connectivity index (χ2n) is 2.98. The van der Waals surface area contributed by atoms with Gasteiger partial charge < -0.3 is 4.98 Å². The molecule has 0 spiro atoms. The van der Waals surface area contributed by atoms with E-state index in [9.17, 15) is 4.39 Å². The van der Waals surface area contributed by atoms with Crippen LogP contribution < -0.4 is 0 Å². The third-order valence-electron chi connectivity index (χ3n) is 2.18. The smallest absolute Gasteiger partial charge is 0.128 e. The number of halogens is 2. The lowest BCUT2D eigenvalue weighted by Crippen LogP contribution is -1.86. The average molecular weight is 226 g/mol. The number of hydrogen-bond acceptors (Lipinski definition) is 0. The summed E-state index contributed by atoms with van der Waals surface area (Å²) in [5.41, 5.74) is 1.45. The first-order valence-electron chi connectivity index (χ1n) is 4.67. The van der Waals surface area contributed by atoms with Gasteiger partial charge in [0.05, 0.1) is 5.02 Å². The van der Waals surface area contributed by atoms with Gasteiger partial charge in [0.1, 0.15) is 5.82 Å². The lowest BCUT2D eigenvalue weighted by atomic mass is 10.1. The van der Waals surface area contributed by atoms with Gasteiger partial charge in [0.2, 0.25) is 0 Å². The summed E-state index contributed by atoms with van der Waals surface area (Å²) in [6.07, 6.45) is 2.36. The molecule has 0 saturated heterocycles. The zero-order valence-electron chi connectivity index (χ0n) is 8.61. The second-order valence-corrected chi connectivity index (χ2v) is 3.39. The number of aromatic nitrogens is 1. The monoisotopic (exact) mass is 225 g/mol. The fraction of sp³-hybridized carbons (Fsp3) is 0.167. The number of rotatable bonds is 1. The van der Waals surface area contributed by atoms with E-state index in [4.69, 9.17) is 11.6 Å². The highest BCUT2D eigenvalue weighted by Crippen LogP contribution is 2.25. The van der Waals surface area contributed by atoms with Crippen molar-refractivity contribution in [2.24, 2.45) is 0 Å². The molecule has 15 heavy (non-hydrogen) atoms. The van der Waals surface area contributed by atoms with Crippen LogP contribution in [0.5, 0.6) is 0 Å². The zero-order valence-corrected chi connectivity index (χ0v) is 9.37. The molecule has 0 amide bonds. The van der Waals surface area contributed by atoms with Gasteiger partial charge in [0.15, 0.2) is 0 Å². The average Bonchev–Trinajstić information content (AvgIpc) is 2.61. The Balaban J connectivity index is 0.000000531. The molecule has 0 saturated carbocycles. The Morgan fingerprint density at radius 2 is 2.07 bits per heavy atom. The molecule has 1 heterocycles. The molecule has 0 atom stereocenters. The van der Waals surface area contributed by atoms with Crippen molar-refractivity contribution in [3.63, 3.8) is 0 Å². The highest BCUT2D eigenvalue weighted by molar-refractivity contribution is 6.35. The normalized spacial score (nSPS) is 9.80. The minimum Gasteiger partial charge on any atom is -0.360 e. The lowest BCUT2D eigenvalue weighted by molar-refractivity contribution is 0.614. The Labute approximate surface area is 93.6 Å². The summed E-state index contributed by atoms with van der Waals surface area (Å²) in [6, 6.07) is 3.28. The first-order chi connectivity index (χ1) is 7.22. The number of H-pyrrole nitrogens is 1. The SMILES string of the molecule is C=C.CCc1cc2c(Cl)c[nH]c2cc1F. The van der Waals surface area contributed by atoms with Crippen LogP contribution in [0, 0.1) is 5.82 Å². The Morgan fingerprint density at radius 1 is 1.40 bits per heavy atom. The molecule has 1 N–H and O–H groups in total. The maximum absolute atomic E-state index is 13.3. The molecule has 0 unspecified atom stereocenters. The summed E-state index contributed by atoms with van der Waals surface area (Å²) >= 11 is 5.90. The molecule has 1 nitrogen and oxygen atoms in total. The van der Waals surface area contributed by atoms with Crippen molar-refractivity contribution in [3.05, 3.63) is 47.9 Å². The summed E-state index contributed by atoms with van der Waals surface area (Å²) in [5, 5.41) is 1.53. The van der Waals surface area contributed by atoms with Crippen molar-refractivity contribution in [3.8, 4) is 0 Å². The Kier molecular flexibility index (Phi) is 3.92. The first kappa shape index (κ1) is 11.8. The molecule has 0 fully saturated rings. The molecule has 80 valence electrons. The van der Waals surface area contributed by atoms with Crippen molar-refractivity contribution in [1.29, 1.82) is 0 Å². The Bertz CT molecular complexity index is 462. The molecule has 0 aliphatic heterocycles. The molecule has 2 rings (SSSR count). The van der Waals surface area contributed by atoms with Crippen LogP contribution in [-0.2, 0) is 6.42 Å². The van der Waals surface area contributed by atoms with Crippen LogP contribution >= 0.6 is 11.6 Å². The quantitative estimate of drug-likeness (QED) is 0.696. The zero-order chi connectivity index (χ0) is 11.4. The van der Waals surface area contributed by atoms with E-state index in [1.165, 1.54) is 6.07 Å².